The van der Waals surface area contributed by atoms with Gasteiger partial charge in [-0.2, -0.15) is 0 Å². The number of nitrogens with zero attached hydrogens (tertiary/aromatic N) is 1. The molecule has 0 aliphatic carbocycles. The van der Waals surface area contributed by atoms with Crippen molar-refractivity contribution in [1.29, 1.82) is 0 Å². The SMILES string of the molecule is CC(=NOC(=O)c1ccc(C(C)(C)C)s1)c1ccc(Cl)cc1. The first-order chi connectivity index (χ1) is 10.3. The number of carbonyl (C=O) groups is 1. The highest BCUT2D eigenvalue weighted by Crippen LogP contribution is 2.29. The third kappa shape index (κ3) is 4.18. The van der Waals surface area contributed by atoms with Crippen LogP contribution in [0.25, 0.3) is 0 Å². The van der Waals surface area contributed by atoms with Crippen LogP contribution in [-0.4, -0.2) is 11.7 Å². The zero-order valence-corrected chi connectivity index (χ0v) is 14.6. The van der Waals surface area contributed by atoms with Gasteiger partial charge < -0.3 is 4.84 Å². The number of hydrogen-bond acceptors (Lipinski definition) is 4. The Kier molecular flexibility index (Phi) is 5.04. The Balaban J connectivity index is 2.07. The molecule has 0 N–H and O–H groups in total. The maximum atomic E-state index is 12.0. The van der Waals surface area contributed by atoms with E-state index in [9.17, 15) is 4.79 Å². The van der Waals surface area contributed by atoms with E-state index in [-0.39, 0.29) is 5.41 Å². The molecular formula is C17H18ClNO2S. The highest BCUT2D eigenvalue weighted by Gasteiger charge is 2.19. The van der Waals surface area contributed by atoms with E-state index in [4.69, 9.17) is 16.4 Å². The molecule has 0 bridgehead atoms. The molecule has 5 heteroatoms. The van der Waals surface area contributed by atoms with Gasteiger partial charge in [0.05, 0.1) is 5.71 Å². The van der Waals surface area contributed by atoms with Gasteiger partial charge in [-0.05, 0) is 42.2 Å². The van der Waals surface area contributed by atoms with E-state index in [1.165, 1.54) is 11.3 Å². The van der Waals surface area contributed by atoms with Gasteiger partial charge in [0.2, 0.25) is 0 Å². The Morgan fingerprint density at radius 3 is 2.32 bits per heavy atom. The van der Waals surface area contributed by atoms with Gasteiger partial charge >= 0.3 is 5.97 Å². The number of thiophene rings is 1. The molecular weight excluding hydrogens is 318 g/mol. The first-order valence-electron chi connectivity index (χ1n) is 6.89. The Labute approximate surface area is 139 Å². The molecule has 2 aromatic rings. The molecule has 0 saturated heterocycles. The highest BCUT2D eigenvalue weighted by atomic mass is 35.5. The summed E-state index contributed by atoms with van der Waals surface area (Å²) in [6.07, 6.45) is 0. The molecule has 0 atom stereocenters. The van der Waals surface area contributed by atoms with Crippen LogP contribution in [0, 0.1) is 0 Å². The molecule has 0 amide bonds. The zero-order chi connectivity index (χ0) is 16.3. The van der Waals surface area contributed by atoms with Crippen LogP contribution in [0.15, 0.2) is 41.6 Å². The van der Waals surface area contributed by atoms with Crippen molar-refractivity contribution in [3.63, 3.8) is 0 Å². The standard InChI is InChI=1S/C17H18ClNO2S/c1-11(12-5-7-13(18)8-6-12)19-21-16(20)14-9-10-15(22-14)17(2,3)4/h5-10H,1-4H3. The quantitative estimate of drug-likeness (QED) is 0.435. The lowest BCUT2D eigenvalue weighted by atomic mass is 9.95. The molecule has 2 rings (SSSR count). The Morgan fingerprint density at radius 2 is 1.77 bits per heavy atom. The molecule has 0 aliphatic heterocycles. The predicted molar refractivity (Wildman–Crippen MR) is 92.1 cm³/mol. The van der Waals surface area contributed by atoms with Gasteiger partial charge in [-0.3, -0.25) is 0 Å². The fraction of sp³-hybridized carbons (Fsp3) is 0.294. The van der Waals surface area contributed by atoms with E-state index in [1.54, 1.807) is 25.1 Å². The van der Waals surface area contributed by atoms with Gasteiger partial charge in [-0.15, -0.1) is 11.3 Å². The Bertz CT molecular complexity index is 696. The molecule has 0 fully saturated rings. The fourth-order valence-electron chi connectivity index (χ4n) is 1.75. The van der Waals surface area contributed by atoms with Crippen molar-refractivity contribution in [2.24, 2.45) is 5.16 Å². The number of carbonyl (C=O) groups excluding carboxylic acids is 1. The van der Waals surface area contributed by atoms with Crippen LogP contribution in [0.2, 0.25) is 5.02 Å². The third-order valence-corrected chi connectivity index (χ3v) is 4.82. The second-order valence-electron chi connectivity index (χ2n) is 5.98. The van der Waals surface area contributed by atoms with Crippen molar-refractivity contribution in [1.82, 2.24) is 0 Å². The molecule has 0 spiro atoms. The number of rotatable bonds is 3. The summed E-state index contributed by atoms with van der Waals surface area (Å²) in [6.45, 7) is 8.11. The van der Waals surface area contributed by atoms with E-state index in [0.717, 1.165) is 10.4 Å². The molecule has 22 heavy (non-hydrogen) atoms. The lowest BCUT2D eigenvalue weighted by Gasteiger charge is -2.15. The van der Waals surface area contributed by atoms with Crippen LogP contribution < -0.4 is 0 Å². The minimum atomic E-state index is -0.436. The first-order valence-corrected chi connectivity index (χ1v) is 8.09. The summed E-state index contributed by atoms with van der Waals surface area (Å²) in [4.78, 5) is 18.8. The van der Waals surface area contributed by atoms with Crippen LogP contribution in [0.3, 0.4) is 0 Å². The van der Waals surface area contributed by atoms with Crippen LogP contribution in [0.1, 0.15) is 47.8 Å². The number of halogens is 1. The minimum Gasteiger partial charge on any atom is -0.312 e. The van der Waals surface area contributed by atoms with Crippen molar-refractivity contribution in [2.45, 2.75) is 33.1 Å². The van der Waals surface area contributed by atoms with Gasteiger partial charge in [0.1, 0.15) is 4.88 Å². The summed E-state index contributed by atoms with van der Waals surface area (Å²) in [5.74, 6) is -0.436. The van der Waals surface area contributed by atoms with E-state index in [2.05, 4.69) is 25.9 Å². The second kappa shape index (κ2) is 6.63. The minimum absolute atomic E-state index is 0.0195. The summed E-state index contributed by atoms with van der Waals surface area (Å²) in [5.41, 5.74) is 1.50. The summed E-state index contributed by atoms with van der Waals surface area (Å²) >= 11 is 7.28. The Hall–Kier alpha value is -1.65. The van der Waals surface area contributed by atoms with E-state index < -0.39 is 5.97 Å². The van der Waals surface area contributed by atoms with Crippen molar-refractivity contribution in [2.75, 3.05) is 0 Å². The summed E-state index contributed by atoms with van der Waals surface area (Å²) in [6, 6.07) is 10.9. The monoisotopic (exact) mass is 335 g/mol. The average molecular weight is 336 g/mol. The summed E-state index contributed by atoms with van der Waals surface area (Å²) in [7, 11) is 0. The van der Waals surface area contributed by atoms with E-state index in [0.29, 0.717) is 15.6 Å². The number of oxime groups is 1. The molecule has 0 saturated carbocycles. The molecule has 116 valence electrons. The molecule has 0 aliphatic rings. The van der Waals surface area contributed by atoms with Crippen molar-refractivity contribution in [3.8, 4) is 0 Å². The smallest absolute Gasteiger partial charge is 0.312 e. The zero-order valence-electron chi connectivity index (χ0n) is 13.0. The van der Waals surface area contributed by atoms with Gasteiger partial charge in [0.25, 0.3) is 0 Å². The fourth-order valence-corrected chi connectivity index (χ4v) is 2.81. The largest absolute Gasteiger partial charge is 0.375 e. The molecule has 0 unspecified atom stereocenters. The number of benzene rings is 1. The Morgan fingerprint density at radius 1 is 1.14 bits per heavy atom. The average Bonchev–Trinajstić information content (AvgIpc) is 2.95. The van der Waals surface area contributed by atoms with Crippen LogP contribution in [-0.2, 0) is 10.3 Å². The lowest BCUT2D eigenvalue weighted by Crippen LogP contribution is -2.08. The van der Waals surface area contributed by atoms with E-state index in [1.807, 2.05) is 18.2 Å². The first kappa shape index (κ1) is 16.7. The summed E-state index contributed by atoms with van der Waals surface area (Å²) in [5, 5.41) is 4.56. The maximum absolute atomic E-state index is 12.0. The van der Waals surface area contributed by atoms with Crippen LogP contribution >= 0.6 is 22.9 Å². The van der Waals surface area contributed by atoms with Gasteiger partial charge in [0, 0.05) is 9.90 Å². The van der Waals surface area contributed by atoms with E-state index >= 15 is 0 Å². The normalized spacial score (nSPS) is 12.3. The summed E-state index contributed by atoms with van der Waals surface area (Å²) < 4.78 is 0. The topological polar surface area (TPSA) is 38.7 Å². The molecule has 3 nitrogen and oxygen atoms in total. The van der Waals surface area contributed by atoms with Gasteiger partial charge in [0.15, 0.2) is 0 Å². The van der Waals surface area contributed by atoms with Crippen LogP contribution in [0.4, 0.5) is 0 Å². The third-order valence-electron chi connectivity index (χ3n) is 3.07. The van der Waals surface area contributed by atoms with Crippen LogP contribution in [0.5, 0.6) is 0 Å². The van der Waals surface area contributed by atoms with Crippen molar-refractivity contribution in [3.05, 3.63) is 56.7 Å². The predicted octanol–water partition coefficient (Wildman–Crippen LogP) is 5.28. The highest BCUT2D eigenvalue weighted by molar-refractivity contribution is 7.14. The van der Waals surface area contributed by atoms with Crippen molar-refractivity contribution >= 4 is 34.6 Å². The van der Waals surface area contributed by atoms with Gasteiger partial charge in [-0.1, -0.05) is 49.7 Å². The maximum Gasteiger partial charge on any atom is 0.375 e. The van der Waals surface area contributed by atoms with Gasteiger partial charge in [-0.25, -0.2) is 4.79 Å². The molecule has 0 radical (unpaired) electrons. The van der Waals surface area contributed by atoms with Crippen molar-refractivity contribution < 1.29 is 9.63 Å². The lowest BCUT2D eigenvalue weighted by molar-refractivity contribution is 0.0522. The molecule has 1 aromatic carbocycles. The molecule has 1 aromatic heterocycles. The second-order valence-corrected chi connectivity index (χ2v) is 7.50. The molecule has 1 heterocycles. The number of hydrogen-bond donors (Lipinski definition) is 0.